The molecule has 0 saturated carbocycles. The number of nitrogens with zero attached hydrogens (tertiary/aromatic N) is 3. The summed E-state index contributed by atoms with van der Waals surface area (Å²) in [6.45, 7) is 5.55. The van der Waals surface area contributed by atoms with Crippen molar-refractivity contribution in [2.24, 2.45) is 0 Å². The third-order valence-electron chi connectivity index (χ3n) is 6.15. The van der Waals surface area contributed by atoms with E-state index in [1.165, 1.54) is 0 Å². The highest BCUT2D eigenvalue weighted by atomic mass is 32.1. The molecule has 0 spiro atoms. The maximum Gasteiger partial charge on any atom is 0.170 e. The molecule has 0 unspecified atom stereocenters. The molecular formula is C25H28N4O2S. The van der Waals surface area contributed by atoms with Crippen LogP contribution in [0.25, 0.3) is 11.3 Å². The van der Waals surface area contributed by atoms with Gasteiger partial charge in [0, 0.05) is 37.9 Å². The minimum atomic E-state index is -0.0538. The standard InChI is InChI=1S/C25H28N4O2S/c32-25-27-23(20-9-4-5-12-26-20)24(29(25)14-6-13-28-15-17-30-18-16-28)22-11-10-21(31-22)19-7-2-1-3-8-19/h1-5,7-12,23-24H,6,13-18H2,(H,27,32)/t23-,24-/m1/s1. The molecular weight excluding hydrogens is 420 g/mol. The molecule has 2 aliphatic rings. The van der Waals surface area contributed by atoms with Gasteiger partial charge in [-0.15, -0.1) is 0 Å². The number of benzene rings is 1. The van der Waals surface area contributed by atoms with Gasteiger partial charge in [-0.3, -0.25) is 9.88 Å². The van der Waals surface area contributed by atoms with Crippen molar-refractivity contribution in [2.75, 3.05) is 39.4 Å². The van der Waals surface area contributed by atoms with Crippen molar-refractivity contribution in [1.82, 2.24) is 20.1 Å². The van der Waals surface area contributed by atoms with Crippen molar-refractivity contribution in [2.45, 2.75) is 18.5 Å². The number of thiocarbonyl (C=S) groups is 1. The van der Waals surface area contributed by atoms with E-state index in [2.05, 4.69) is 38.3 Å². The molecule has 3 aromatic rings. The van der Waals surface area contributed by atoms with Gasteiger partial charge in [-0.25, -0.2) is 0 Å². The highest BCUT2D eigenvalue weighted by Gasteiger charge is 2.41. The number of nitrogens with one attached hydrogen (secondary N) is 1. The van der Waals surface area contributed by atoms with E-state index in [9.17, 15) is 0 Å². The normalized spacial score (nSPS) is 21.6. The molecule has 0 radical (unpaired) electrons. The summed E-state index contributed by atoms with van der Waals surface area (Å²) in [6.07, 6.45) is 2.86. The Balaban J connectivity index is 1.39. The number of pyridine rings is 1. The van der Waals surface area contributed by atoms with Crippen molar-refractivity contribution in [1.29, 1.82) is 0 Å². The number of furan rings is 1. The first kappa shape index (κ1) is 21.1. The van der Waals surface area contributed by atoms with Gasteiger partial charge in [-0.1, -0.05) is 36.4 Å². The zero-order chi connectivity index (χ0) is 21.8. The van der Waals surface area contributed by atoms with Crippen LogP contribution in [0.3, 0.4) is 0 Å². The molecule has 2 fully saturated rings. The third-order valence-corrected chi connectivity index (χ3v) is 6.50. The van der Waals surface area contributed by atoms with Gasteiger partial charge in [0.15, 0.2) is 5.11 Å². The molecule has 6 nitrogen and oxygen atoms in total. The lowest BCUT2D eigenvalue weighted by Gasteiger charge is -2.29. The van der Waals surface area contributed by atoms with Crippen LogP contribution in [0.5, 0.6) is 0 Å². The van der Waals surface area contributed by atoms with Crippen molar-refractivity contribution in [3.8, 4) is 11.3 Å². The van der Waals surface area contributed by atoms with E-state index in [0.717, 1.165) is 73.7 Å². The van der Waals surface area contributed by atoms with Gasteiger partial charge in [0.05, 0.1) is 24.9 Å². The van der Waals surface area contributed by atoms with Gasteiger partial charge in [0.1, 0.15) is 17.6 Å². The third kappa shape index (κ3) is 4.55. The topological polar surface area (TPSA) is 53.8 Å². The molecule has 166 valence electrons. The van der Waals surface area contributed by atoms with E-state index in [1.807, 2.05) is 48.7 Å². The summed E-state index contributed by atoms with van der Waals surface area (Å²) in [5.74, 6) is 1.77. The van der Waals surface area contributed by atoms with Gasteiger partial charge < -0.3 is 19.4 Å². The SMILES string of the molecule is S=C1N[C@H](c2ccccn2)[C@@H](c2ccc(-c3ccccc3)o2)N1CCCN1CCOCC1. The largest absolute Gasteiger partial charge is 0.459 e. The summed E-state index contributed by atoms with van der Waals surface area (Å²) in [5.41, 5.74) is 2.04. The molecule has 2 atom stereocenters. The molecule has 32 heavy (non-hydrogen) atoms. The fourth-order valence-corrected chi connectivity index (χ4v) is 4.85. The number of ether oxygens (including phenoxy) is 1. The second-order valence-corrected chi connectivity index (χ2v) is 8.58. The Hall–Kier alpha value is -2.74. The number of morpholine rings is 1. The van der Waals surface area contributed by atoms with Gasteiger partial charge in [0.2, 0.25) is 0 Å². The van der Waals surface area contributed by atoms with E-state index >= 15 is 0 Å². The molecule has 2 aromatic heterocycles. The fourth-order valence-electron chi connectivity index (χ4n) is 4.51. The van der Waals surface area contributed by atoms with Crippen LogP contribution in [0.15, 0.2) is 71.3 Å². The average Bonchev–Trinajstić information content (AvgIpc) is 3.46. The first-order valence-corrected chi connectivity index (χ1v) is 11.6. The lowest BCUT2D eigenvalue weighted by molar-refractivity contribution is 0.0365. The first-order valence-electron chi connectivity index (χ1n) is 11.2. The molecule has 1 aromatic carbocycles. The first-order chi connectivity index (χ1) is 15.8. The molecule has 0 aliphatic carbocycles. The highest BCUT2D eigenvalue weighted by Crippen LogP contribution is 2.40. The van der Waals surface area contributed by atoms with Crippen LogP contribution in [0, 0.1) is 0 Å². The van der Waals surface area contributed by atoms with Gasteiger partial charge in [-0.05, 0) is 42.9 Å². The van der Waals surface area contributed by atoms with Crippen LogP contribution in [-0.4, -0.2) is 59.3 Å². The molecule has 7 heteroatoms. The Kier molecular flexibility index (Phi) is 6.48. The number of aromatic nitrogens is 1. The van der Waals surface area contributed by atoms with E-state index in [1.54, 1.807) is 0 Å². The highest BCUT2D eigenvalue weighted by molar-refractivity contribution is 7.80. The zero-order valence-corrected chi connectivity index (χ0v) is 18.8. The average molecular weight is 449 g/mol. The predicted molar refractivity (Wildman–Crippen MR) is 128 cm³/mol. The second-order valence-electron chi connectivity index (χ2n) is 8.20. The van der Waals surface area contributed by atoms with E-state index in [4.69, 9.17) is 21.4 Å². The number of rotatable bonds is 7. The summed E-state index contributed by atoms with van der Waals surface area (Å²) >= 11 is 5.78. The Labute approximate surface area is 194 Å². The smallest absolute Gasteiger partial charge is 0.170 e. The summed E-state index contributed by atoms with van der Waals surface area (Å²) in [4.78, 5) is 9.34. The Morgan fingerprint density at radius 2 is 1.78 bits per heavy atom. The lowest BCUT2D eigenvalue weighted by atomic mass is 10.0. The minimum absolute atomic E-state index is 0.0421. The van der Waals surface area contributed by atoms with Crippen molar-refractivity contribution >= 4 is 17.3 Å². The van der Waals surface area contributed by atoms with E-state index < -0.39 is 0 Å². The second kappa shape index (κ2) is 9.81. The summed E-state index contributed by atoms with van der Waals surface area (Å²) < 4.78 is 11.9. The number of hydrogen-bond acceptors (Lipinski definition) is 5. The predicted octanol–water partition coefficient (Wildman–Crippen LogP) is 4.04. The fraction of sp³-hybridized carbons (Fsp3) is 0.360. The van der Waals surface area contributed by atoms with E-state index in [-0.39, 0.29) is 12.1 Å². The molecule has 2 saturated heterocycles. The van der Waals surface area contributed by atoms with Crippen LogP contribution >= 0.6 is 12.2 Å². The minimum Gasteiger partial charge on any atom is -0.459 e. The maximum absolute atomic E-state index is 6.38. The quantitative estimate of drug-likeness (QED) is 0.548. The molecule has 4 heterocycles. The molecule has 0 amide bonds. The summed E-state index contributed by atoms with van der Waals surface area (Å²) in [5, 5.41) is 4.26. The molecule has 5 rings (SSSR count). The maximum atomic E-state index is 6.38. The van der Waals surface area contributed by atoms with Crippen LogP contribution in [-0.2, 0) is 4.74 Å². The summed E-state index contributed by atoms with van der Waals surface area (Å²) in [7, 11) is 0. The van der Waals surface area contributed by atoms with Crippen LogP contribution in [0.2, 0.25) is 0 Å². The molecule has 0 bridgehead atoms. The lowest BCUT2D eigenvalue weighted by Crippen LogP contribution is -2.38. The van der Waals surface area contributed by atoms with Crippen molar-refractivity contribution in [3.63, 3.8) is 0 Å². The van der Waals surface area contributed by atoms with Crippen molar-refractivity contribution < 1.29 is 9.15 Å². The van der Waals surface area contributed by atoms with Gasteiger partial charge in [-0.2, -0.15) is 0 Å². The van der Waals surface area contributed by atoms with Gasteiger partial charge >= 0.3 is 0 Å². The summed E-state index contributed by atoms with van der Waals surface area (Å²) in [6, 6.07) is 20.2. The molecule has 2 aliphatic heterocycles. The Morgan fingerprint density at radius 1 is 0.969 bits per heavy atom. The zero-order valence-electron chi connectivity index (χ0n) is 18.0. The van der Waals surface area contributed by atoms with Crippen LogP contribution in [0.1, 0.15) is 30.0 Å². The monoisotopic (exact) mass is 448 g/mol. The van der Waals surface area contributed by atoms with Crippen LogP contribution in [0.4, 0.5) is 0 Å². The molecule has 1 N–H and O–H groups in total. The Morgan fingerprint density at radius 3 is 2.56 bits per heavy atom. The van der Waals surface area contributed by atoms with Gasteiger partial charge in [0.25, 0.3) is 0 Å². The number of hydrogen-bond donors (Lipinski definition) is 1. The van der Waals surface area contributed by atoms with Crippen molar-refractivity contribution in [3.05, 3.63) is 78.3 Å². The Bertz CT molecular complexity index is 1020. The van der Waals surface area contributed by atoms with Crippen LogP contribution < -0.4 is 5.32 Å². The van der Waals surface area contributed by atoms with E-state index in [0.29, 0.717) is 0 Å².